The van der Waals surface area contributed by atoms with Gasteiger partial charge in [-0.15, -0.1) is 22.7 Å². The van der Waals surface area contributed by atoms with Crippen LogP contribution < -0.4 is 5.32 Å². The van der Waals surface area contributed by atoms with Gasteiger partial charge in [-0.25, -0.2) is 9.18 Å². The Balaban J connectivity index is 1.66. The summed E-state index contributed by atoms with van der Waals surface area (Å²) in [5, 5.41) is 6.31. The molecule has 3 rings (SSSR count). The van der Waals surface area contributed by atoms with Crippen molar-refractivity contribution in [3.8, 4) is 0 Å². The van der Waals surface area contributed by atoms with Crippen LogP contribution in [0, 0.1) is 5.82 Å². The lowest BCUT2D eigenvalue weighted by Gasteiger charge is -2.09. The van der Waals surface area contributed by atoms with Gasteiger partial charge in [0.15, 0.2) is 6.61 Å². The summed E-state index contributed by atoms with van der Waals surface area (Å²) in [5.41, 5.74) is 0.325. The summed E-state index contributed by atoms with van der Waals surface area (Å²) in [6, 6.07) is 11.3. The lowest BCUT2D eigenvalue weighted by atomic mass is 10.2. The van der Waals surface area contributed by atoms with Crippen LogP contribution >= 0.6 is 34.3 Å². The largest absolute Gasteiger partial charge is 0.452 e. The molecule has 0 bridgehead atoms. The topological polar surface area (TPSA) is 55.4 Å². The van der Waals surface area contributed by atoms with Crippen molar-refractivity contribution in [1.82, 2.24) is 0 Å². The van der Waals surface area contributed by atoms with E-state index in [0.29, 0.717) is 5.57 Å². The minimum atomic E-state index is -0.668. The number of nitrogens with one attached hydrogen (secondary N) is 1. The maximum Gasteiger partial charge on any atom is 0.340 e. The number of thiophene rings is 2. The number of rotatable bonds is 6. The Morgan fingerprint density at radius 1 is 1.15 bits per heavy atom. The van der Waals surface area contributed by atoms with Gasteiger partial charge in [0.05, 0.1) is 11.3 Å². The van der Waals surface area contributed by atoms with Crippen LogP contribution in [0.25, 0.3) is 11.6 Å². The molecule has 27 heavy (non-hydrogen) atoms. The number of esters is 1. The number of hydrogen-bond acceptors (Lipinski definition) is 5. The zero-order valence-electron chi connectivity index (χ0n) is 13.8. The van der Waals surface area contributed by atoms with E-state index in [0.717, 1.165) is 15.8 Å². The van der Waals surface area contributed by atoms with E-state index < -0.39 is 24.3 Å². The van der Waals surface area contributed by atoms with Crippen molar-refractivity contribution in [3.63, 3.8) is 0 Å². The van der Waals surface area contributed by atoms with Crippen molar-refractivity contribution in [2.75, 3.05) is 11.9 Å². The van der Waals surface area contributed by atoms with E-state index >= 15 is 0 Å². The van der Waals surface area contributed by atoms with Gasteiger partial charge >= 0.3 is 5.97 Å². The molecule has 0 saturated carbocycles. The minimum absolute atomic E-state index is 0.0342. The first-order valence-electron chi connectivity index (χ1n) is 7.74. The van der Waals surface area contributed by atoms with Gasteiger partial charge in [0.1, 0.15) is 5.82 Å². The van der Waals surface area contributed by atoms with Crippen LogP contribution in [-0.4, -0.2) is 18.5 Å². The fourth-order valence-corrected chi connectivity index (χ4v) is 3.71. The molecule has 1 amide bonds. The SMILES string of the molecule is O=C(COC(=O)/C(=C/c1cccs1)c1cccs1)Nc1ccc(Cl)cc1F. The first-order chi connectivity index (χ1) is 13.0. The number of anilines is 1. The smallest absolute Gasteiger partial charge is 0.340 e. The number of carbonyl (C=O) groups excluding carboxylic acids is 2. The molecule has 0 saturated heterocycles. The molecule has 0 atom stereocenters. The molecule has 0 aliphatic carbocycles. The van der Waals surface area contributed by atoms with Crippen LogP contribution in [0.1, 0.15) is 9.75 Å². The second kappa shape index (κ2) is 8.94. The molecule has 4 nitrogen and oxygen atoms in total. The first kappa shape index (κ1) is 19.3. The van der Waals surface area contributed by atoms with Crippen molar-refractivity contribution in [1.29, 1.82) is 0 Å². The number of benzene rings is 1. The molecule has 8 heteroatoms. The molecule has 0 aliphatic rings. The third kappa shape index (κ3) is 5.26. The minimum Gasteiger partial charge on any atom is -0.452 e. The Bertz CT molecular complexity index is 969. The quantitative estimate of drug-likeness (QED) is 0.432. The monoisotopic (exact) mass is 421 g/mol. The van der Waals surface area contributed by atoms with Crippen LogP contribution in [0.2, 0.25) is 5.02 Å². The van der Waals surface area contributed by atoms with E-state index in [4.69, 9.17) is 16.3 Å². The standard InChI is InChI=1S/C19H13ClFNO3S2/c20-12-5-6-16(15(21)9-12)22-18(23)11-25-19(24)14(17-4-2-8-27-17)10-13-3-1-7-26-13/h1-10H,11H2,(H,22,23)/b14-10+. The van der Waals surface area contributed by atoms with Crippen LogP contribution in [-0.2, 0) is 14.3 Å². The van der Waals surface area contributed by atoms with Gasteiger partial charge in [-0.1, -0.05) is 23.7 Å². The van der Waals surface area contributed by atoms with Crippen LogP contribution in [0.3, 0.4) is 0 Å². The van der Waals surface area contributed by atoms with E-state index in [9.17, 15) is 14.0 Å². The molecule has 3 aromatic rings. The van der Waals surface area contributed by atoms with Gasteiger partial charge in [-0.3, -0.25) is 4.79 Å². The molecular weight excluding hydrogens is 409 g/mol. The van der Waals surface area contributed by atoms with Gasteiger partial charge < -0.3 is 10.1 Å². The predicted octanol–water partition coefficient (Wildman–Crippen LogP) is 5.32. The van der Waals surface area contributed by atoms with Gasteiger partial charge in [-0.05, 0) is 47.2 Å². The molecule has 1 aromatic carbocycles. The van der Waals surface area contributed by atoms with Crippen molar-refractivity contribution in [2.24, 2.45) is 0 Å². The fourth-order valence-electron chi connectivity index (χ4n) is 2.16. The van der Waals surface area contributed by atoms with Crippen molar-refractivity contribution >= 4 is 63.5 Å². The van der Waals surface area contributed by atoms with E-state index in [1.807, 2.05) is 29.0 Å². The van der Waals surface area contributed by atoms with Crippen molar-refractivity contribution < 1.29 is 18.7 Å². The number of hydrogen-bond donors (Lipinski definition) is 1. The Morgan fingerprint density at radius 3 is 2.59 bits per heavy atom. The molecule has 0 spiro atoms. The van der Waals surface area contributed by atoms with Crippen LogP contribution in [0.15, 0.2) is 53.2 Å². The molecule has 2 aromatic heterocycles. The van der Waals surface area contributed by atoms with Gasteiger partial charge in [0.2, 0.25) is 0 Å². The second-order valence-corrected chi connectivity index (χ2v) is 7.66. The molecule has 1 N–H and O–H groups in total. The molecule has 2 heterocycles. The summed E-state index contributed by atoms with van der Waals surface area (Å²) in [6.07, 6.45) is 1.72. The van der Waals surface area contributed by atoms with E-state index in [1.54, 1.807) is 12.1 Å². The molecule has 138 valence electrons. The summed E-state index contributed by atoms with van der Waals surface area (Å²) in [5.74, 6) is -1.94. The average Bonchev–Trinajstić information content (AvgIpc) is 3.33. The third-order valence-electron chi connectivity index (χ3n) is 3.38. The molecule has 0 aliphatic heterocycles. The maximum absolute atomic E-state index is 13.7. The van der Waals surface area contributed by atoms with Gasteiger partial charge in [-0.2, -0.15) is 0 Å². The molecule has 0 unspecified atom stereocenters. The first-order valence-corrected chi connectivity index (χ1v) is 9.88. The number of amides is 1. The van der Waals surface area contributed by atoms with Crippen LogP contribution in [0.5, 0.6) is 0 Å². The highest BCUT2D eigenvalue weighted by atomic mass is 35.5. The van der Waals surface area contributed by atoms with Crippen molar-refractivity contribution in [3.05, 3.63) is 73.8 Å². The normalized spacial score (nSPS) is 11.3. The zero-order chi connectivity index (χ0) is 19.2. The molecule has 0 fully saturated rings. The van der Waals surface area contributed by atoms with Crippen molar-refractivity contribution in [2.45, 2.75) is 0 Å². The highest BCUT2D eigenvalue weighted by Gasteiger charge is 2.17. The summed E-state index contributed by atoms with van der Waals surface area (Å²) in [4.78, 5) is 26.1. The van der Waals surface area contributed by atoms with Gasteiger partial charge in [0.25, 0.3) is 5.91 Å². The lowest BCUT2D eigenvalue weighted by molar-refractivity contribution is -0.141. The van der Waals surface area contributed by atoms with E-state index in [1.165, 1.54) is 34.8 Å². The molecular formula is C19H13ClFNO3S2. The summed E-state index contributed by atoms with van der Waals surface area (Å²) in [6.45, 7) is -0.534. The number of halogens is 2. The Morgan fingerprint density at radius 2 is 1.93 bits per heavy atom. The number of carbonyl (C=O) groups is 2. The number of ether oxygens (including phenoxy) is 1. The summed E-state index contributed by atoms with van der Waals surface area (Å²) >= 11 is 8.55. The van der Waals surface area contributed by atoms with Gasteiger partial charge in [0, 0.05) is 14.8 Å². The van der Waals surface area contributed by atoms with E-state index in [2.05, 4.69) is 5.32 Å². The third-order valence-corrected chi connectivity index (χ3v) is 5.33. The lowest BCUT2D eigenvalue weighted by Crippen LogP contribution is -2.21. The van der Waals surface area contributed by atoms with E-state index in [-0.39, 0.29) is 10.7 Å². The predicted molar refractivity (Wildman–Crippen MR) is 108 cm³/mol. The maximum atomic E-state index is 13.7. The Kier molecular flexibility index (Phi) is 6.39. The Hall–Kier alpha value is -2.48. The summed E-state index contributed by atoms with van der Waals surface area (Å²) in [7, 11) is 0. The Labute approximate surface area is 167 Å². The van der Waals surface area contributed by atoms with Crippen LogP contribution in [0.4, 0.5) is 10.1 Å². The summed E-state index contributed by atoms with van der Waals surface area (Å²) < 4.78 is 18.8. The highest BCUT2D eigenvalue weighted by molar-refractivity contribution is 7.12. The highest BCUT2D eigenvalue weighted by Crippen LogP contribution is 2.26. The average molecular weight is 422 g/mol. The second-order valence-electron chi connectivity index (χ2n) is 5.30. The fraction of sp³-hybridized carbons (Fsp3) is 0.0526. The zero-order valence-corrected chi connectivity index (χ0v) is 16.2. The molecule has 0 radical (unpaired) electrons.